The van der Waals surface area contributed by atoms with Crippen molar-refractivity contribution in [2.45, 2.75) is 39.3 Å². The predicted molar refractivity (Wildman–Crippen MR) is 131 cm³/mol. The van der Waals surface area contributed by atoms with Gasteiger partial charge in [0.25, 0.3) is 11.7 Å². The lowest BCUT2D eigenvalue weighted by Gasteiger charge is -2.23. The van der Waals surface area contributed by atoms with E-state index in [2.05, 4.69) is 0 Å². The Morgan fingerprint density at radius 1 is 1.03 bits per heavy atom. The van der Waals surface area contributed by atoms with Crippen molar-refractivity contribution in [2.24, 2.45) is 0 Å². The van der Waals surface area contributed by atoms with Crippen LogP contribution in [-0.4, -0.2) is 35.9 Å². The van der Waals surface area contributed by atoms with Crippen molar-refractivity contribution in [3.63, 3.8) is 0 Å². The number of aliphatic hydroxyl groups excluding tert-OH is 1. The minimum absolute atomic E-state index is 0.00210. The highest BCUT2D eigenvalue weighted by Crippen LogP contribution is 2.41. The summed E-state index contributed by atoms with van der Waals surface area (Å²) in [4.78, 5) is 27.9. The Kier molecular flexibility index (Phi) is 6.69. The van der Waals surface area contributed by atoms with Gasteiger partial charge in [-0.05, 0) is 66.4 Å². The van der Waals surface area contributed by atoms with E-state index in [4.69, 9.17) is 13.9 Å². The molecule has 1 amide bonds. The first kappa shape index (κ1) is 24.1. The second kappa shape index (κ2) is 9.70. The number of nitrogens with zero attached hydrogens (tertiary/aromatic N) is 1. The van der Waals surface area contributed by atoms with Crippen molar-refractivity contribution in [1.29, 1.82) is 0 Å². The second-order valence-corrected chi connectivity index (χ2v) is 8.83. The number of Topliss-reactive ketones (excluding diaryl/α,β-unsaturated/α-hetero) is 1. The maximum absolute atomic E-state index is 13.3. The number of ether oxygens (including phenoxy) is 2. The third kappa shape index (κ3) is 4.54. The second-order valence-electron chi connectivity index (χ2n) is 8.83. The molecule has 3 aromatic rings. The Morgan fingerprint density at radius 3 is 2.31 bits per heavy atom. The zero-order valence-electron chi connectivity index (χ0n) is 20.5. The van der Waals surface area contributed by atoms with Crippen LogP contribution in [0.1, 0.15) is 54.0 Å². The molecule has 2 aromatic carbocycles. The van der Waals surface area contributed by atoms with Crippen molar-refractivity contribution in [2.75, 3.05) is 14.2 Å². The molecule has 7 nitrogen and oxygen atoms in total. The van der Waals surface area contributed by atoms with Crippen molar-refractivity contribution >= 4 is 17.4 Å². The Bertz CT molecular complexity index is 1290. The first-order valence-corrected chi connectivity index (χ1v) is 11.4. The highest BCUT2D eigenvalue weighted by atomic mass is 16.5. The zero-order chi connectivity index (χ0) is 25.3. The zero-order valence-corrected chi connectivity index (χ0v) is 20.5. The number of amides is 1. The third-order valence-electron chi connectivity index (χ3n) is 6.21. The molecule has 0 saturated carbocycles. The number of likely N-dealkylation sites (tertiary alicyclic amines) is 1. The van der Waals surface area contributed by atoms with Gasteiger partial charge in [-0.25, -0.2) is 0 Å². The number of rotatable bonds is 7. The summed E-state index contributed by atoms with van der Waals surface area (Å²) in [6.45, 7) is 5.98. The summed E-state index contributed by atoms with van der Waals surface area (Å²) in [6.07, 6.45) is 0. The van der Waals surface area contributed by atoms with Crippen LogP contribution in [0.25, 0.3) is 5.76 Å². The van der Waals surface area contributed by atoms with Gasteiger partial charge in [-0.2, -0.15) is 0 Å². The molecule has 0 bridgehead atoms. The minimum Gasteiger partial charge on any atom is -0.507 e. The van der Waals surface area contributed by atoms with Crippen LogP contribution in [0.3, 0.4) is 0 Å². The molecule has 0 aliphatic carbocycles. The van der Waals surface area contributed by atoms with Gasteiger partial charge in [-0.3, -0.25) is 9.59 Å². The highest BCUT2D eigenvalue weighted by Gasteiger charge is 2.47. The van der Waals surface area contributed by atoms with Gasteiger partial charge in [0.2, 0.25) is 0 Å². The van der Waals surface area contributed by atoms with E-state index in [1.54, 1.807) is 63.6 Å². The van der Waals surface area contributed by atoms with Crippen LogP contribution in [0.2, 0.25) is 0 Å². The molecule has 1 atom stereocenters. The number of benzene rings is 2. The quantitative estimate of drug-likeness (QED) is 0.281. The maximum Gasteiger partial charge on any atom is 0.296 e. The van der Waals surface area contributed by atoms with Gasteiger partial charge >= 0.3 is 0 Å². The molecule has 2 heterocycles. The van der Waals surface area contributed by atoms with E-state index >= 15 is 0 Å². The van der Waals surface area contributed by atoms with Crippen molar-refractivity contribution in [1.82, 2.24) is 4.90 Å². The lowest BCUT2D eigenvalue weighted by Crippen LogP contribution is -2.29. The summed E-state index contributed by atoms with van der Waals surface area (Å²) in [5.41, 5.74) is 2.13. The van der Waals surface area contributed by atoms with Crippen LogP contribution in [0, 0.1) is 6.92 Å². The molecule has 1 N–H and O–H groups in total. The van der Waals surface area contributed by atoms with Gasteiger partial charge < -0.3 is 23.9 Å². The number of carbonyl (C=O) groups is 2. The third-order valence-corrected chi connectivity index (χ3v) is 6.21. The van der Waals surface area contributed by atoms with Crippen molar-refractivity contribution in [3.8, 4) is 11.5 Å². The number of hydrogen-bond donors (Lipinski definition) is 1. The number of hydrogen-bond acceptors (Lipinski definition) is 6. The molecule has 0 spiro atoms. The lowest BCUT2D eigenvalue weighted by atomic mass is 9.95. The van der Waals surface area contributed by atoms with Gasteiger partial charge in [0.15, 0.2) is 0 Å². The summed E-state index contributed by atoms with van der Waals surface area (Å²) >= 11 is 0. The maximum atomic E-state index is 13.3. The molecule has 1 fully saturated rings. The average Bonchev–Trinajstić information content (AvgIpc) is 3.39. The van der Waals surface area contributed by atoms with Gasteiger partial charge in [0.05, 0.1) is 19.8 Å². The van der Waals surface area contributed by atoms with E-state index in [9.17, 15) is 14.7 Å². The summed E-state index contributed by atoms with van der Waals surface area (Å²) in [7, 11) is 3.17. The van der Waals surface area contributed by atoms with E-state index < -0.39 is 17.7 Å². The topological polar surface area (TPSA) is 89.2 Å². The first-order valence-electron chi connectivity index (χ1n) is 11.4. The molecule has 1 saturated heterocycles. The van der Waals surface area contributed by atoms with Gasteiger partial charge in [0, 0.05) is 12.1 Å². The standard InChI is InChI=1S/C28H29NO6/c1-16(2)21-14-19(9-13-22(21)34-5)26(30)24-25(23-12-6-17(3)35-23)29(28(32)27(24)31)15-18-7-10-20(33-4)11-8-18/h6-14,16,25,30H,15H2,1-5H3/b26-24-. The summed E-state index contributed by atoms with van der Waals surface area (Å²) < 4.78 is 16.5. The SMILES string of the molecule is COc1ccc(CN2C(=O)C(=O)/C(=C(\O)c3ccc(OC)c(C(C)C)c3)C2c2ccc(C)o2)cc1. The molecule has 1 aromatic heterocycles. The number of methoxy groups -OCH3 is 2. The van der Waals surface area contributed by atoms with Gasteiger partial charge in [0.1, 0.15) is 34.8 Å². The first-order chi connectivity index (χ1) is 16.7. The van der Waals surface area contributed by atoms with Crippen LogP contribution in [-0.2, 0) is 16.1 Å². The normalized spacial score (nSPS) is 17.3. The molecule has 7 heteroatoms. The summed E-state index contributed by atoms with van der Waals surface area (Å²) in [5, 5.41) is 11.3. The molecule has 0 radical (unpaired) electrons. The fourth-order valence-corrected chi connectivity index (χ4v) is 4.36. The van der Waals surface area contributed by atoms with Gasteiger partial charge in [-0.1, -0.05) is 26.0 Å². The fraction of sp³-hybridized carbons (Fsp3) is 0.286. The van der Waals surface area contributed by atoms with E-state index in [0.717, 1.165) is 11.1 Å². The van der Waals surface area contributed by atoms with Gasteiger partial charge in [-0.15, -0.1) is 0 Å². The Labute approximate surface area is 204 Å². The van der Waals surface area contributed by atoms with Crippen LogP contribution in [0.4, 0.5) is 0 Å². The summed E-state index contributed by atoms with van der Waals surface area (Å²) in [5.74, 6) is 0.860. The number of ketones is 1. The Balaban J connectivity index is 1.83. The molecular formula is C28H29NO6. The average molecular weight is 476 g/mol. The number of furan rings is 1. The van der Waals surface area contributed by atoms with E-state index in [1.165, 1.54) is 4.90 Å². The molecule has 4 rings (SSSR count). The molecular weight excluding hydrogens is 446 g/mol. The largest absolute Gasteiger partial charge is 0.507 e. The van der Waals surface area contributed by atoms with Crippen molar-refractivity contribution < 1.29 is 28.6 Å². The minimum atomic E-state index is -0.865. The number of aliphatic hydroxyl groups is 1. The molecule has 182 valence electrons. The molecule has 1 aliphatic heterocycles. The molecule has 35 heavy (non-hydrogen) atoms. The van der Waals surface area contributed by atoms with E-state index in [1.807, 2.05) is 26.0 Å². The smallest absolute Gasteiger partial charge is 0.296 e. The fourth-order valence-electron chi connectivity index (χ4n) is 4.36. The number of aryl methyl sites for hydroxylation is 1. The van der Waals surface area contributed by atoms with Crippen molar-refractivity contribution in [3.05, 3.63) is 88.4 Å². The molecule has 1 aliphatic rings. The lowest BCUT2D eigenvalue weighted by molar-refractivity contribution is -0.140. The van der Waals surface area contributed by atoms with E-state index in [-0.39, 0.29) is 23.8 Å². The Morgan fingerprint density at radius 2 is 1.74 bits per heavy atom. The summed E-state index contributed by atoms with van der Waals surface area (Å²) in [6, 6.07) is 15.1. The van der Waals surface area contributed by atoms with Crippen LogP contribution >= 0.6 is 0 Å². The highest BCUT2D eigenvalue weighted by molar-refractivity contribution is 6.46. The monoisotopic (exact) mass is 475 g/mol. The number of carbonyl (C=O) groups excluding carboxylic acids is 2. The predicted octanol–water partition coefficient (Wildman–Crippen LogP) is 5.35. The van der Waals surface area contributed by atoms with Crippen LogP contribution in [0.5, 0.6) is 11.5 Å². The molecule has 1 unspecified atom stereocenters. The van der Waals surface area contributed by atoms with Crippen LogP contribution < -0.4 is 9.47 Å². The van der Waals surface area contributed by atoms with Crippen LogP contribution in [0.15, 0.2) is 64.6 Å². The Hall–Kier alpha value is -4.00. The van der Waals surface area contributed by atoms with E-state index in [0.29, 0.717) is 28.6 Å².